The van der Waals surface area contributed by atoms with Gasteiger partial charge in [-0.1, -0.05) is 19.1 Å². The molecular formula is C16H21ClO3. The maximum atomic E-state index is 6.82. The molecule has 2 aliphatic rings. The molecule has 2 saturated heterocycles. The SMILES string of the molecule is CC[C@@H]1C[C@@]2(Cl)CO[C@@H](c3ccc(OC)cc3)[C@H]2CO1. The number of hydrogen-bond acceptors (Lipinski definition) is 3. The van der Waals surface area contributed by atoms with E-state index in [-0.39, 0.29) is 23.0 Å². The quantitative estimate of drug-likeness (QED) is 0.798. The normalized spacial score (nSPS) is 36.6. The van der Waals surface area contributed by atoms with Crippen molar-refractivity contribution in [3.8, 4) is 5.75 Å². The number of hydrogen-bond donors (Lipinski definition) is 0. The molecule has 0 saturated carbocycles. The molecule has 0 N–H and O–H groups in total. The molecule has 0 bridgehead atoms. The van der Waals surface area contributed by atoms with E-state index in [0.29, 0.717) is 13.2 Å². The summed E-state index contributed by atoms with van der Waals surface area (Å²) in [5, 5.41) is 0. The minimum atomic E-state index is -0.274. The highest BCUT2D eigenvalue weighted by Gasteiger charge is 2.52. The van der Waals surface area contributed by atoms with Gasteiger partial charge in [-0.3, -0.25) is 0 Å². The van der Waals surface area contributed by atoms with Gasteiger partial charge in [0.15, 0.2) is 0 Å². The molecule has 20 heavy (non-hydrogen) atoms. The van der Waals surface area contributed by atoms with Crippen LogP contribution in [0.2, 0.25) is 0 Å². The highest BCUT2D eigenvalue weighted by Crippen LogP contribution is 2.50. The Morgan fingerprint density at radius 1 is 1.30 bits per heavy atom. The number of rotatable bonds is 3. The van der Waals surface area contributed by atoms with Gasteiger partial charge in [-0.05, 0) is 30.5 Å². The van der Waals surface area contributed by atoms with Gasteiger partial charge in [0, 0.05) is 5.92 Å². The minimum Gasteiger partial charge on any atom is -0.497 e. The first-order valence-electron chi connectivity index (χ1n) is 7.22. The van der Waals surface area contributed by atoms with Crippen LogP contribution in [0.3, 0.4) is 0 Å². The zero-order valence-corrected chi connectivity index (χ0v) is 12.7. The first-order valence-corrected chi connectivity index (χ1v) is 7.60. The van der Waals surface area contributed by atoms with Crippen LogP contribution in [0.5, 0.6) is 5.75 Å². The second kappa shape index (κ2) is 5.55. The Kier molecular flexibility index (Phi) is 3.93. The predicted octanol–water partition coefficient (Wildman–Crippen LogP) is 3.56. The minimum absolute atomic E-state index is 0.0243. The Balaban J connectivity index is 1.79. The number of ether oxygens (including phenoxy) is 3. The van der Waals surface area contributed by atoms with Crippen LogP contribution in [0.1, 0.15) is 31.4 Å². The van der Waals surface area contributed by atoms with Crippen molar-refractivity contribution in [3.05, 3.63) is 29.8 Å². The highest BCUT2D eigenvalue weighted by atomic mass is 35.5. The summed E-state index contributed by atoms with van der Waals surface area (Å²) in [6, 6.07) is 8.03. The molecule has 110 valence electrons. The summed E-state index contributed by atoms with van der Waals surface area (Å²) in [6.07, 6.45) is 2.18. The number of benzene rings is 1. The molecule has 4 atom stereocenters. The number of halogens is 1. The number of fused-ring (bicyclic) bond motifs is 1. The van der Waals surface area contributed by atoms with Gasteiger partial charge < -0.3 is 14.2 Å². The van der Waals surface area contributed by atoms with Crippen LogP contribution in [-0.2, 0) is 9.47 Å². The van der Waals surface area contributed by atoms with Crippen molar-refractivity contribution >= 4 is 11.6 Å². The van der Waals surface area contributed by atoms with E-state index < -0.39 is 0 Å². The molecule has 4 heteroatoms. The average Bonchev–Trinajstić information content (AvgIpc) is 2.83. The van der Waals surface area contributed by atoms with E-state index >= 15 is 0 Å². The van der Waals surface area contributed by atoms with E-state index in [9.17, 15) is 0 Å². The molecular weight excluding hydrogens is 276 g/mol. The van der Waals surface area contributed by atoms with Crippen LogP contribution < -0.4 is 4.74 Å². The van der Waals surface area contributed by atoms with Crippen molar-refractivity contribution in [2.24, 2.45) is 5.92 Å². The van der Waals surface area contributed by atoms with E-state index in [1.54, 1.807) is 7.11 Å². The van der Waals surface area contributed by atoms with Crippen LogP contribution in [0.15, 0.2) is 24.3 Å². The van der Waals surface area contributed by atoms with Crippen molar-refractivity contribution in [1.29, 1.82) is 0 Å². The van der Waals surface area contributed by atoms with Gasteiger partial charge in [-0.2, -0.15) is 0 Å². The van der Waals surface area contributed by atoms with Gasteiger partial charge in [0.1, 0.15) is 5.75 Å². The van der Waals surface area contributed by atoms with Crippen molar-refractivity contribution in [3.63, 3.8) is 0 Å². The summed E-state index contributed by atoms with van der Waals surface area (Å²) < 4.78 is 17.1. The Hall–Kier alpha value is -0.770. The Bertz CT molecular complexity index is 461. The summed E-state index contributed by atoms with van der Waals surface area (Å²) >= 11 is 6.82. The lowest BCUT2D eigenvalue weighted by Crippen LogP contribution is -2.44. The summed E-state index contributed by atoms with van der Waals surface area (Å²) in [7, 11) is 1.67. The van der Waals surface area contributed by atoms with Crippen LogP contribution in [0.25, 0.3) is 0 Å². The zero-order chi connectivity index (χ0) is 14.2. The molecule has 1 aromatic carbocycles. The molecule has 0 aliphatic carbocycles. The first-order chi connectivity index (χ1) is 9.66. The highest BCUT2D eigenvalue weighted by molar-refractivity contribution is 6.24. The van der Waals surface area contributed by atoms with Crippen LogP contribution in [0.4, 0.5) is 0 Å². The third kappa shape index (κ3) is 2.43. The molecule has 0 aromatic heterocycles. The average molecular weight is 297 g/mol. The van der Waals surface area contributed by atoms with Crippen molar-refractivity contribution in [2.75, 3.05) is 20.3 Å². The standard InChI is InChI=1S/C16H21ClO3/c1-3-12-8-16(17)10-20-15(14(16)9-19-12)11-4-6-13(18-2)7-5-11/h4-7,12,14-15H,3,8-10H2,1-2H3/t12-,14-,15+,16-/m1/s1. The molecule has 0 unspecified atom stereocenters. The summed E-state index contributed by atoms with van der Waals surface area (Å²) in [6.45, 7) is 3.43. The van der Waals surface area contributed by atoms with E-state index in [4.69, 9.17) is 25.8 Å². The smallest absolute Gasteiger partial charge is 0.118 e. The molecule has 0 spiro atoms. The fourth-order valence-corrected chi connectivity index (χ4v) is 3.64. The first kappa shape index (κ1) is 14.2. The molecule has 1 aromatic rings. The Morgan fingerprint density at radius 3 is 2.70 bits per heavy atom. The van der Waals surface area contributed by atoms with Gasteiger partial charge in [0.2, 0.25) is 0 Å². The Morgan fingerprint density at radius 2 is 2.05 bits per heavy atom. The van der Waals surface area contributed by atoms with Crippen molar-refractivity contribution < 1.29 is 14.2 Å². The molecule has 2 fully saturated rings. The zero-order valence-electron chi connectivity index (χ0n) is 12.0. The van der Waals surface area contributed by atoms with E-state index in [2.05, 4.69) is 19.1 Å². The third-order valence-corrected chi connectivity index (χ3v) is 5.05. The molecule has 3 rings (SSSR count). The molecule has 3 nitrogen and oxygen atoms in total. The molecule has 0 radical (unpaired) electrons. The van der Waals surface area contributed by atoms with Gasteiger partial charge in [-0.25, -0.2) is 0 Å². The molecule has 2 heterocycles. The second-order valence-electron chi connectivity index (χ2n) is 5.71. The Labute approximate surface area is 125 Å². The van der Waals surface area contributed by atoms with Gasteiger partial charge in [0.25, 0.3) is 0 Å². The van der Waals surface area contributed by atoms with Crippen LogP contribution in [0, 0.1) is 5.92 Å². The fourth-order valence-electron chi connectivity index (χ4n) is 3.23. The van der Waals surface area contributed by atoms with Crippen LogP contribution in [-0.4, -0.2) is 31.3 Å². The van der Waals surface area contributed by atoms with Gasteiger partial charge >= 0.3 is 0 Å². The largest absolute Gasteiger partial charge is 0.497 e. The lowest BCUT2D eigenvalue weighted by Gasteiger charge is -2.38. The maximum Gasteiger partial charge on any atom is 0.118 e. The molecule has 2 aliphatic heterocycles. The third-order valence-electron chi connectivity index (χ3n) is 4.51. The summed E-state index contributed by atoms with van der Waals surface area (Å²) in [5.74, 6) is 1.08. The number of alkyl halides is 1. The number of methoxy groups -OCH3 is 1. The maximum absolute atomic E-state index is 6.82. The van der Waals surface area contributed by atoms with Crippen molar-refractivity contribution in [1.82, 2.24) is 0 Å². The van der Waals surface area contributed by atoms with Gasteiger partial charge in [-0.15, -0.1) is 11.6 Å². The van der Waals surface area contributed by atoms with E-state index in [1.165, 1.54) is 0 Å². The van der Waals surface area contributed by atoms with Crippen LogP contribution >= 0.6 is 11.6 Å². The predicted molar refractivity (Wildman–Crippen MR) is 78.4 cm³/mol. The monoisotopic (exact) mass is 296 g/mol. The fraction of sp³-hybridized carbons (Fsp3) is 0.625. The lowest BCUT2D eigenvalue weighted by molar-refractivity contribution is -0.0375. The molecule has 0 amide bonds. The van der Waals surface area contributed by atoms with Crippen molar-refractivity contribution in [2.45, 2.75) is 36.8 Å². The summed E-state index contributed by atoms with van der Waals surface area (Å²) in [4.78, 5) is -0.274. The second-order valence-corrected chi connectivity index (χ2v) is 6.47. The van der Waals surface area contributed by atoms with Gasteiger partial charge in [0.05, 0.1) is 37.4 Å². The van der Waals surface area contributed by atoms with E-state index in [0.717, 1.165) is 24.2 Å². The lowest BCUT2D eigenvalue weighted by atomic mass is 9.81. The van der Waals surface area contributed by atoms with E-state index in [1.807, 2.05) is 12.1 Å². The topological polar surface area (TPSA) is 27.7 Å². The summed E-state index contributed by atoms with van der Waals surface area (Å²) in [5.41, 5.74) is 1.15.